The third-order valence-corrected chi connectivity index (χ3v) is 3.80. The molecule has 1 aliphatic rings. The quantitative estimate of drug-likeness (QED) is 0.888. The first-order valence-electron chi connectivity index (χ1n) is 7.00. The van der Waals surface area contributed by atoms with E-state index in [-0.39, 0.29) is 24.4 Å². The molecule has 1 saturated heterocycles. The summed E-state index contributed by atoms with van der Waals surface area (Å²) in [4.78, 5) is 14.2. The normalized spacial score (nSPS) is 22.2. The molecule has 3 N–H and O–H groups in total. The Labute approximate surface area is 132 Å². The van der Waals surface area contributed by atoms with E-state index in [0.29, 0.717) is 12.5 Å². The molecule has 2 rings (SSSR count). The van der Waals surface area contributed by atoms with E-state index in [0.717, 1.165) is 30.9 Å². The number of ether oxygens (including phenoxy) is 1. The maximum absolute atomic E-state index is 12.0. The highest BCUT2D eigenvalue weighted by atomic mass is 35.5. The molecule has 0 radical (unpaired) electrons. The van der Waals surface area contributed by atoms with Crippen LogP contribution in [0.1, 0.15) is 13.3 Å². The smallest absolute Gasteiger partial charge is 0.238 e. The van der Waals surface area contributed by atoms with Gasteiger partial charge in [-0.1, -0.05) is 6.92 Å². The minimum Gasteiger partial charge on any atom is -0.497 e. The molecule has 0 aliphatic carbocycles. The molecule has 0 aromatic heterocycles. The number of nitrogens with two attached hydrogens (primary N) is 1. The van der Waals surface area contributed by atoms with Gasteiger partial charge < -0.3 is 15.8 Å². The summed E-state index contributed by atoms with van der Waals surface area (Å²) >= 11 is 0. The Morgan fingerprint density at radius 3 is 2.67 bits per heavy atom. The first kappa shape index (κ1) is 17.8. The van der Waals surface area contributed by atoms with Crippen molar-refractivity contribution in [3.63, 3.8) is 0 Å². The highest BCUT2D eigenvalue weighted by Crippen LogP contribution is 2.16. The maximum Gasteiger partial charge on any atom is 0.238 e. The Bertz CT molecular complexity index is 453. The second-order valence-corrected chi connectivity index (χ2v) is 5.44. The fourth-order valence-corrected chi connectivity index (χ4v) is 2.47. The fraction of sp³-hybridized carbons (Fsp3) is 0.533. The van der Waals surface area contributed by atoms with Crippen molar-refractivity contribution >= 4 is 24.0 Å². The van der Waals surface area contributed by atoms with Crippen LogP contribution in [0.3, 0.4) is 0 Å². The van der Waals surface area contributed by atoms with Gasteiger partial charge in [0.05, 0.1) is 13.7 Å². The van der Waals surface area contributed by atoms with Crippen LogP contribution < -0.4 is 15.8 Å². The first-order chi connectivity index (χ1) is 9.58. The van der Waals surface area contributed by atoms with Crippen LogP contribution in [0.5, 0.6) is 5.75 Å². The Balaban J connectivity index is 0.00000220. The fourth-order valence-electron chi connectivity index (χ4n) is 2.47. The third-order valence-electron chi connectivity index (χ3n) is 3.80. The van der Waals surface area contributed by atoms with Gasteiger partial charge in [0, 0.05) is 24.8 Å². The minimum atomic E-state index is 0. The molecule has 1 fully saturated rings. The lowest BCUT2D eigenvalue weighted by Crippen LogP contribution is -2.48. The van der Waals surface area contributed by atoms with Gasteiger partial charge in [-0.3, -0.25) is 9.69 Å². The highest BCUT2D eigenvalue weighted by Gasteiger charge is 2.24. The van der Waals surface area contributed by atoms with Gasteiger partial charge in [0.15, 0.2) is 0 Å². The molecule has 0 bridgehead atoms. The van der Waals surface area contributed by atoms with Crippen molar-refractivity contribution in [2.75, 3.05) is 32.1 Å². The van der Waals surface area contributed by atoms with Crippen molar-refractivity contribution in [1.29, 1.82) is 0 Å². The summed E-state index contributed by atoms with van der Waals surface area (Å²) < 4.78 is 5.08. The topological polar surface area (TPSA) is 67.6 Å². The SMILES string of the molecule is COc1ccc(NC(=O)CN2CCC(N)C(C)C2)cc1.Cl. The second kappa shape index (κ2) is 8.22. The van der Waals surface area contributed by atoms with E-state index < -0.39 is 0 Å². The zero-order valence-electron chi connectivity index (χ0n) is 12.5. The molecule has 1 aromatic carbocycles. The standard InChI is InChI=1S/C15H23N3O2.ClH/c1-11-9-18(8-7-14(11)16)10-15(19)17-12-3-5-13(20-2)6-4-12;/h3-6,11,14H,7-10,16H2,1-2H3,(H,17,19);1H. The summed E-state index contributed by atoms with van der Waals surface area (Å²) in [6, 6.07) is 7.60. The predicted octanol–water partition coefficient (Wildman–Crippen LogP) is 1.72. The molecule has 21 heavy (non-hydrogen) atoms. The van der Waals surface area contributed by atoms with Crippen LogP contribution in [0, 0.1) is 5.92 Å². The van der Waals surface area contributed by atoms with Crippen LogP contribution in [-0.4, -0.2) is 43.6 Å². The number of piperidine rings is 1. The van der Waals surface area contributed by atoms with Gasteiger partial charge in [-0.2, -0.15) is 0 Å². The van der Waals surface area contributed by atoms with E-state index in [1.54, 1.807) is 7.11 Å². The number of rotatable bonds is 4. The lowest BCUT2D eigenvalue weighted by Gasteiger charge is -2.34. The summed E-state index contributed by atoms with van der Waals surface area (Å²) in [7, 11) is 1.62. The van der Waals surface area contributed by atoms with Gasteiger partial charge in [0.25, 0.3) is 0 Å². The summed E-state index contributed by atoms with van der Waals surface area (Å²) in [6.45, 7) is 4.33. The van der Waals surface area contributed by atoms with E-state index in [1.807, 2.05) is 24.3 Å². The van der Waals surface area contributed by atoms with Crippen molar-refractivity contribution < 1.29 is 9.53 Å². The number of anilines is 1. The van der Waals surface area contributed by atoms with Crippen LogP contribution >= 0.6 is 12.4 Å². The van der Waals surface area contributed by atoms with Gasteiger partial charge in [0.1, 0.15) is 5.75 Å². The van der Waals surface area contributed by atoms with Crippen molar-refractivity contribution in [2.45, 2.75) is 19.4 Å². The number of benzene rings is 1. The number of methoxy groups -OCH3 is 1. The van der Waals surface area contributed by atoms with E-state index in [4.69, 9.17) is 10.5 Å². The van der Waals surface area contributed by atoms with Gasteiger partial charge in [0.2, 0.25) is 5.91 Å². The number of carbonyl (C=O) groups excluding carboxylic acids is 1. The summed E-state index contributed by atoms with van der Waals surface area (Å²) in [6.07, 6.45) is 0.955. The average Bonchev–Trinajstić information content (AvgIpc) is 2.44. The summed E-state index contributed by atoms with van der Waals surface area (Å²) in [5.41, 5.74) is 6.77. The zero-order chi connectivity index (χ0) is 14.5. The Morgan fingerprint density at radius 2 is 2.10 bits per heavy atom. The summed E-state index contributed by atoms with van der Waals surface area (Å²) in [5.74, 6) is 1.23. The number of halogens is 1. The first-order valence-corrected chi connectivity index (χ1v) is 7.00. The van der Waals surface area contributed by atoms with E-state index in [9.17, 15) is 4.79 Å². The molecule has 0 spiro atoms. The van der Waals surface area contributed by atoms with E-state index in [1.165, 1.54) is 0 Å². The molecule has 1 amide bonds. The van der Waals surface area contributed by atoms with Crippen LogP contribution in [0.2, 0.25) is 0 Å². The molecule has 1 heterocycles. The third kappa shape index (κ3) is 5.19. The molecule has 5 nitrogen and oxygen atoms in total. The molecular weight excluding hydrogens is 290 g/mol. The largest absolute Gasteiger partial charge is 0.497 e. The zero-order valence-corrected chi connectivity index (χ0v) is 13.4. The number of hydrogen-bond acceptors (Lipinski definition) is 4. The highest BCUT2D eigenvalue weighted by molar-refractivity contribution is 5.92. The van der Waals surface area contributed by atoms with Crippen molar-refractivity contribution in [3.8, 4) is 5.75 Å². The van der Waals surface area contributed by atoms with Crippen molar-refractivity contribution in [3.05, 3.63) is 24.3 Å². The monoisotopic (exact) mass is 313 g/mol. The van der Waals surface area contributed by atoms with Crippen LogP contribution in [0.15, 0.2) is 24.3 Å². The Hall–Kier alpha value is -1.30. The van der Waals surface area contributed by atoms with Crippen LogP contribution in [0.4, 0.5) is 5.69 Å². The minimum absolute atomic E-state index is 0. The van der Waals surface area contributed by atoms with Crippen molar-refractivity contribution in [1.82, 2.24) is 4.90 Å². The number of likely N-dealkylation sites (tertiary alicyclic amines) is 1. The van der Waals surface area contributed by atoms with Gasteiger partial charge in [-0.25, -0.2) is 0 Å². The van der Waals surface area contributed by atoms with Gasteiger partial charge in [-0.05, 0) is 36.6 Å². The van der Waals surface area contributed by atoms with Crippen LogP contribution in [-0.2, 0) is 4.79 Å². The second-order valence-electron chi connectivity index (χ2n) is 5.44. The average molecular weight is 314 g/mol. The molecule has 118 valence electrons. The Morgan fingerprint density at radius 1 is 1.43 bits per heavy atom. The number of amides is 1. The number of nitrogens with one attached hydrogen (secondary N) is 1. The maximum atomic E-state index is 12.0. The lowest BCUT2D eigenvalue weighted by molar-refractivity contribution is -0.117. The molecule has 6 heteroatoms. The summed E-state index contributed by atoms with van der Waals surface area (Å²) in [5, 5.41) is 2.90. The Kier molecular flexibility index (Phi) is 6.95. The molecule has 0 saturated carbocycles. The predicted molar refractivity (Wildman–Crippen MR) is 87.1 cm³/mol. The number of hydrogen-bond donors (Lipinski definition) is 2. The molecular formula is C15H24ClN3O2. The molecule has 2 unspecified atom stereocenters. The van der Waals surface area contributed by atoms with Crippen molar-refractivity contribution in [2.24, 2.45) is 11.7 Å². The number of nitrogens with zero attached hydrogens (tertiary/aromatic N) is 1. The molecule has 1 aromatic rings. The molecule has 1 aliphatic heterocycles. The van der Waals surface area contributed by atoms with Gasteiger partial charge >= 0.3 is 0 Å². The van der Waals surface area contributed by atoms with E-state index in [2.05, 4.69) is 17.1 Å². The number of carbonyl (C=O) groups is 1. The molecule has 2 atom stereocenters. The van der Waals surface area contributed by atoms with Gasteiger partial charge in [-0.15, -0.1) is 12.4 Å². The van der Waals surface area contributed by atoms with Crippen LogP contribution in [0.25, 0.3) is 0 Å². The van der Waals surface area contributed by atoms with E-state index >= 15 is 0 Å². The lowest BCUT2D eigenvalue weighted by atomic mass is 9.95.